The molecule has 2 aliphatic heterocycles. The summed E-state index contributed by atoms with van der Waals surface area (Å²) in [7, 11) is 3.39. The third-order valence-electron chi connectivity index (χ3n) is 4.22. The van der Waals surface area contributed by atoms with Crippen LogP contribution in [0.25, 0.3) is 0 Å². The first-order valence-corrected chi connectivity index (χ1v) is 7.40. The highest BCUT2D eigenvalue weighted by Gasteiger charge is 2.43. The van der Waals surface area contributed by atoms with E-state index in [2.05, 4.69) is 4.90 Å². The van der Waals surface area contributed by atoms with Gasteiger partial charge in [0.05, 0.1) is 25.0 Å². The molecule has 0 saturated carbocycles. The molecule has 2 aliphatic rings. The summed E-state index contributed by atoms with van der Waals surface area (Å²) < 4.78 is 11.0. The lowest BCUT2D eigenvalue weighted by Crippen LogP contribution is -2.56. The SMILES string of the molecule is CN(C)C(=O)CN1C(=O)CO[C@@H]2CN(Cc3ccco3)C[C@H]21. The molecule has 0 N–H and O–H groups in total. The summed E-state index contributed by atoms with van der Waals surface area (Å²) in [5, 5.41) is 0. The van der Waals surface area contributed by atoms with E-state index < -0.39 is 0 Å². The smallest absolute Gasteiger partial charge is 0.249 e. The van der Waals surface area contributed by atoms with E-state index in [0.29, 0.717) is 13.1 Å². The molecule has 0 aromatic carbocycles. The van der Waals surface area contributed by atoms with Gasteiger partial charge in [-0.25, -0.2) is 0 Å². The number of fused-ring (bicyclic) bond motifs is 1. The summed E-state index contributed by atoms with van der Waals surface area (Å²) in [6.45, 7) is 2.29. The van der Waals surface area contributed by atoms with Crippen molar-refractivity contribution in [2.24, 2.45) is 0 Å². The molecule has 3 rings (SSSR count). The van der Waals surface area contributed by atoms with Gasteiger partial charge in [0.15, 0.2) is 0 Å². The van der Waals surface area contributed by atoms with Gasteiger partial charge in [-0.05, 0) is 12.1 Å². The van der Waals surface area contributed by atoms with Crippen molar-refractivity contribution in [1.82, 2.24) is 14.7 Å². The molecule has 2 amide bonds. The van der Waals surface area contributed by atoms with Crippen LogP contribution in [0.3, 0.4) is 0 Å². The molecule has 1 aromatic rings. The average Bonchev–Trinajstić information content (AvgIpc) is 3.11. The van der Waals surface area contributed by atoms with Crippen LogP contribution in [-0.4, -0.2) is 79.0 Å². The molecule has 0 radical (unpaired) electrons. The lowest BCUT2D eigenvalue weighted by atomic mass is 10.1. The Balaban J connectivity index is 1.67. The Morgan fingerprint density at radius 1 is 1.41 bits per heavy atom. The van der Waals surface area contributed by atoms with Crippen LogP contribution in [0.5, 0.6) is 0 Å². The van der Waals surface area contributed by atoms with Gasteiger partial charge in [-0.1, -0.05) is 0 Å². The van der Waals surface area contributed by atoms with Gasteiger partial charge in [-0.3, -0.25) is 14.5 Å². The second-order valence-corrected chi connectivity index (χ2v) is 6.00. The monoisotopic (exact) mass is 307 g/mol. The minimum Gasteiger partial charge on any atom is -0.468 e. The topological polar surface area (TPSA) is 66.2 Å². The first-order valence-electron chi connectivity index (χ1n) is 7.40. The second kappa shape index (κ2) is 6.10. The van der Waals surface area contributed by atoms with Crippen molar-refractivity contribution in [3.63, 3.8) is 0 Å². The summed E-state index contributed by atoms with van der Waals surface area (Å²) >= 11 is 0. The Kier molecular flexibility index (Phi) is 4.17. The van der Waals surface area contributed by atoms with Crippen LogP contribution in [0.4, 0.5) is 0 Å². The molecule has 2 saturated heterocycles. The quantitative estimate of drug-likeness (QED) is 0.769. The van der Waals surface area contributed by atoms with Gasteiger partial charge in [-0.15, -0.1) is 0 Å². The first-order chi connectivity index (χ1) is 10.5. The lowest BCUT2D eigenvalue weighted by Gasteiger charge is -2.36. The van der Waals surface area contributed by atoms with Crippen LogP contribution in [0.15, 0.2) is 22.8 Å². The third-order valence-corrected chi connectivity index (χ3v) is 4.22. The van der Waals surface area contributed by atoms with Crippen molar-refractivity contribution in [3.05, 3.63) is 24.2 Å². The van der Waals surface area contributed by atoms with Gasteiger partial charge in [0, 0.05) is 27.2 Å². The van der Waals surface area contributed by atoms with E-state index in [4.69, 9.17) is 9.15 Å². The maximum atomic E-state index is 12.1. The number of likely N-dealkylation sites (tertiary alicyclic amines) is 1. The van der Waals surface area contributed by atoms with Crippen molar-refractivity contribution in [3.8, 4) is 0 Å². The van der Waals surface area contributed by atoms with Crippen LogP contribution in [0.2, 0.25) is 0 Å². The third kappa shape index (κ3) is 3.00. The highest BCUT2D eigenvalue weighted by atomic mass is 16.5. The van der Waals surface area contributed by atoms with Crippen molar-refractivity contribution in [2.75, 3.05) is 40.3 Å². The van der Waals surface area contributed by atoms with Gasteiger partial charge in [0.25, 0.3) is 0 Å². The molecule has 0 bridgehead atoms. The van der Waals surface area contributed by atoms with Gasteiger partial charge in [0.1, 0.15) is 18.9 Å². The number of furan rings is 1. The molecule has 120 valence electrons. The van der Waals surface area contributed by atoms with Crippen LogP contribution in [0, 0.1) is 0 Å². The maximum Gasteiger partial charge on any atom is 0.249 e. The maximum absolute atomic E-state index is 12.1. The zero-order chi connectivity index (χ0) is 15.7. The van der Waals surface area contributed by atoms with Crippen LogP contribution < -0.4 is 0 Å². The van der Waals surface area contributed by atoms with E-state index in [-0.39, 0.29) is 37.1 Å². The van der Waals surface area contributed by atoms with E-state index in [9.17, 15) is 9.59 Å². The normalized spacial score (nSPS) is 25.4. The molecule has 1 aromatic heterocycles. The number of rotatable bonds is 4. The molecule has 7 heteroatoms. The van der Waals surface area contributed by atoms with Gasteiger partial charge in [-0.2, -0.15) is 0 Å². The molecule has 2 fully saturated rings. The zero-order valence-corrected chi connectivity index (χ0v) is 12.9. The fraction of sp³-hybridized carbons (Fsp3) is 0.600. The highest BCUT2D eigenvalue weighted by molar-refractivity contribution is 5.86. The second-order valence-electron chi connectivity index (χ2n) is 6.00. The molecule has 3 heterocycles. The number of amides is 2. The molecule has 7 nitrogen and oxygen atoms in total. The first kappa shape index (κ1) is 15.1. The Hall–Kier alpha value is -1.86. The fourth-order valence-corrected chi connectivity index (χ4v) is 2.99. The number of morpholine rings is 1. The van der Waals surface area contributed by atoms with E-state index in [1.807, 2.05) is 12.1 Å². The number of carbonyl (C=O) groups excluding carboxylic acids is 2. The van der Waals surface area contributed by atoms with E-state index >= 15 is 0 Å². The Bertz CT molecular complexity index is 543. The number of carbonyl (C=O) groups is 2. The molecule has 22 heavy (non-hydrogen) atoms. The van der Waals surface area contributed by atoms with E-state index in [1.54, 1.807) is 25.3 Å². The highest BCUT2D eigenvalue weighted by Crippen LogP contribution is 2.25. The summed E-state index contributed by atoms with van der Waals surface area (Å²) in [5.41, 5.74) is 0. The van der Waals surface area contributed by atoms with Crippen molar-refractivity contribution in [1.29, 1.82) is 0 Å². The van der Waals surface area contributed by atoms with E-state index in [1.165, 1.54) is 4.90 Å². The van der Waals surface area contributed by atoms with Crippen molar-refractivity contribution in [2.45, 2.75) is 18.7 Å². The molecule has 0 aliphatic carbocycles. The number of ether oxygens (including phenoxy) is 1. The van der Waals surface area contributed by atoms with Crippen LogP contribution >= 0.6 is 0 Å². The number of likely N-dealkylation sites (N-methyl/N-ethyl adjacent to an activating group) is 1. The zero-order valence-electron chi connectivity index (χ0n) is 12.9. The molecular weight excluding hydrogens is 286 g/mol. The van der Waals surface area contributed by atoms with Gasteiger partial charge in [0.2, 0.25) is 11.8 Å². The summed E-state index contributed by atoms with van der Waals surface area (Å²) in [6, 6.07) is 3.72. The Morgan fingerprint density at radius 3 is 2.91 bits per heavy atom. The van der Waals surface area contributed by atoms with Crippen molar-refractivity contribution < 1.29 is 18.7 Å². The van der Waals surface area contributed by atoms with Crippen LogP contribution in [0.1, 0.15) is 5.76 Å². The summed E-state index contributed by atoms with van der Waals surface area (Å²) in [5.74, 6) is 0.704. The van der Waals surface area contributed by atoms with E-state index in [0.717, 1.165) is 12.3 Å². The number of nitrogens with zero attached hydrogens (tertiary/aromatic N) is 3. The molecule has 2 atom stereocenters. The predicted octanol–water partition coefficient (Wildman–Crippen LogP) is -0.221. The number of hydrogen-bond donors (Lipinski definition) is 0. The van der Waals surface area contributed by atoms with Crippen LogP contribution in [-0.2, 0) is 20.9 Å². The molecular formula is C15H21N3O4. The van der Waals surface area contributed by atoms with Gasteiger partial charge < -0.3 is 19.0 Å². The minimum atomic E-state index is -0.115. The minimum absolute atomic E-state index is 0.0392. The predicted molar refractivity (Wildman–Crippen MR) is 77.9 cm³/mol. The summed E-state index contributed by atoms with van der Waals surface area (Å²) in [4.78, 5) is 29.4. The molecule has 0 unspecified atom stereocenters. The summed E-state index contributed by atoms with van der Waals surface area (Å²) in [6.07, 6.45) is 1.61. The fourth-order valence-electron chi connectivity index (χ4n) is 2.99. The van der Waals surface area contributed by atoms with Gasteiger partial charge >= 0.3 is 0 Å². The van der Waals surface area contributed by atoms with Crippen molar-refractivity contribution >= 4 is 11.8 Å². The lowest BCUT2D eigenvalue weighted by molar-refractivity contribution is -0.156. The Morgan fingerprint density at radius 2 is 2.23 bits per heavy atom. The average molecular weight is 307 g/mol. The largest absolute Gasteiger partial charge is 0.468 e. The Labute approximate surface area is 129 Å². The number of hydrogen-bond acceptors (Lipinski definition) is 5. The molecule has 0 spiro atoms. The standard InChI is InChI=1S/C15H21N3O4/c1-16(2)14(19)9-18-12-7-17(6-11-4-3-5-21-11)8-13(12)22-10-15(18)20/h3-5,12-13H,6-10H2,1-2H3/t12-,13-/m1/s1.